The molecule has 0 radical (unpaired) electrons. The van der Waals surface area contributed by atoms with E-state index in [1.165, 1.54) is 4.31 Å². The average Bonchev–Trinajstić information content (AvgIpc) is 2.29. The van der Waals surface area contributed by atoms with Crippen molar-refractivity contribution < 1.29 is 8.42 Å². The summed E-state index contributed by atoms with van der Waals surface area (Å²) in [6, 6.07) is 4.87. The summed E-state index contributed by atoms with van der Waals surface area (Å²) >= 11 is 5.04. The van der Waals surface area contributed by atoms with Crippen LogP contribution in [0.5, 0.6) is 0 Å². The summed E-state index contributed by atoms with van der Waals surface area (Å²) in [4.78, 5) is 0.201. The van der Waals surface area contributed by atoms with Gasteiger partial charge in [0.15, 0.2) is 0 Å². The number of thioether (sulfide) groups is 1. The fraction of sp³-hybridized carbons (Fsp3) is 0.400. The lowest BCUT2D eigenvalue weighted by atomic mass is 10.3. The van der Waals surface area contributed by atoms with E-state index in [9.17, 15) is 8.42 Å². The Morgan fingerprint density at radius 1 is 1.29 bits per heavy atom. The second-order valence-electron chi connectivity index (χ2n) is 3.70. The number of rotatable bonds is 2. The zero-order chi connectivity index (χ0) is 12.5. The molecule has 1 heterocycles. The van der Waals surface area contributed by atoms with Gasteiger partial charge in [-0.15, -0.1) is 0 Å². The summed E-state index contributed by atoms with van der Waals surface area (Å²) in [6.07, 6.45) is 0. The van der Waals surface area contributed by atoms with Gasteiger partial charge in [0.05, 0.1) is 5.69 Å². The predicted octanol–water partition coefficient (Wildman–Crippen LogP) is 1.77. The van der Waals surface area contributed by atoms with Crippen LogP contribution in [0.2, 0.25) is 0 Å². The zero-order valence-corrected chi connectivity index (χ0v) is 12.3. The normalized spacial score (nSPS) is 18.2. The minimum atomic E-state index is -3.44. The Hall–Kier alpha value is -0.240. The number of hydrogen-bond acceptors (Lipinski definition) is 4. The van der Waals surface area contributed by atoms with Crippen LogP contribution in [0, 0.1) is 0 Å². The second-order valence-corrected chi connectivity index (χ2v) is 7.75. The van der Waals surface area contributed by atoms with Crippen LogP contribution in [0.4, 0.5) is 5.69 Å². The number of nitrogens with zero attached hydrogens (tertiary/aromatic N) is 1. The number of hydrogen-bond donors (Lipinski definition) is 1. The molecule has 0 aromatic heterocycles. The number of benzene rings is 1. The Morgan fingerprint density at radius 2 is 1.94 bits per heavy atom. The van der Waals surface area contributed by atoms with E-state index in [1.54, 1.807) is 30.0 Å². The van der Waals surface area contributed by atoms with Crippen LogP contribution in [0.3, 0.4) is 0 Å². The lowest BCUT2D eigenvalue weighted by molar-refractivity contribution is 0.444. The summed E-state index contributed by atoms with van der Waals surface area (Å²) in [7, 11) is -3.44. The first kappa shape index (κ1) is 13.2. The second kappa shape index (κ2) is 5.17. The molecule has 1 aromatic carbocycles. The maximum atomic E-state index is 12.3. The fourth-order valence-corrected chi connectivity index (χ4v) is 4.73. The van der Waals surface area contributed by atoms with Gasteiger partial charge in [-0.3, -0.25) is 0 Å². The average molecular weight is 337 g/mol. The van der Waals surface area contributed by atoms with Crippen molar-refractivity contribution in [2.75, 3.05) is 30.3 Å². The SMILES string of the molecule is Nc1cc(Br)ccc1S(=O)(=O)N1CCSCC1. The van der Waals surface area contributed by atoms with Crippen molar-refractivity contribution in [2.45, 2.75) is 4.90 Å². The molecule has 0 aliphatic carbocycles. The van der Waals surface area contributed by atoms with E-state index in [1.807, 2.05) is 0 Å². The Labute approximate surface area is 114 Å². The van der Waals surface area contributed by atoms with Gasteiger partial charge >= 0.3 is 0 Å². The molecule has 17 heavy (non-hydrogen) atoms. The van der Waals surface area contributed by atoms with Crippen LogP contribution in [0.25, 0.3) is 0 Å². The molecule has 0 spiro atoms. The van der Waals surface area contributed by atoms with Crippen molar-refractivity contribution in [1.82, 2.24) is 4.31 Å². The smallest absolute Gasteiger partial charge is 0.245 e. The molecule has 1 aromatic rings. The molecule has 0 atom stereocenters. The van der Waals surface area contributed by atoms with E-state index >= 15 is 0 Å². The van der Waals surface area contributed by atoms with Gasteiger partial charge in [-0.05, 0) is 18.2 Å². The molecule has 1 aliphatic rings. The summed E-state index contributed by atoms with van der Waals surface area (Å²) in [5, 5.41) is 0. The Balaban J connectivity index is 2.37. The highest BCUT2D eigenvalue weighted by Crippen LogP contribution is 2.27. The monoisotopic (exact) mass is 336 g/mol. The number of anilines is 1. The van der Waals surface area contributed by atoms with Gasteiger partial charge in [-0.2, -0.15) is 16.1 Å². The van der Waals surface area contributed by atoms with E-state index < -0.39 is 10.0 Å². The molecule has 0 bridgehead atoms. The van der Waals surface area contributed by atoms with E-state index in [2.05, 4.69) is 15.9 Å². The number of sulfonamides is 1. The lowest BCUT2D eigenvalue weighted by Gasteiger charge is -2.26. The van der Waals surface area contributed by atoms with Gasteiger partial charge in [0.25, 0.3) is 0 Å². The zero-order valence-electron chi connectivity index (χ0n) is 9.10. The fourth-order valence-electron chi connectivity index (χ4n) is 1.68. The topological polar surface area (TPSA) is 63.4 Å². The highest BCUT2D eigenvalue weighted by atomic mass is 79.9. The molecule has 1 saturated heterocycles. The van der Waals surface area contributed by atoms with Crippen molar-refractivity contribution in [2.24, 2.45) is 0 Å². The molecule has 94 valence electrons. The Morgan fingerprint density at radius 3 is 2.53 bits per heavy atom. The molecule has 0 amide bonds. The molecule has 2 rings (SSSR count). The summed E-state index contributed by atoms with van der Waals surface area (Å²) in [5.74, 6) is 1.69. The van der Waals surface area contributed by atoms with Gasteiger partial charge in [-0.1, -0.05) is 15.9 Å². The molecule has 0 saturated carbocycles. The molecular formula is C10H13BrN2O2S2. The van der Waals surface area contributed by atoms with E-state index in [-0.39, 0.29) is 10.6 Å². The minimum absolute atomic E-state index is 0.201. The van der Waals surface area contributed by atoms with Crippen LogP contribution in [-0.4, -0.2) is 37.3 Å². The van der Waals surface area contributed by atoms with Crippen LogP contribution < -0.4 is 5.73 Å². The number of nitrogens with two attached hydrogens (primary N) is 1. The maximum Gasteiger partial charge on any atom is 0.245 e. The third kappa shape index (κ3) is 2.78. The van der Waals surface area contributed by atoms with Crippen LogP contribution in [-0.2, 0) is 10.0 Å². The van der Waals surface area contributed by atoms with E-state index in [0.29, 0.717) is 13.1 Å². The van der Waals surface area contributed by atoms with Gasteiger partial charge in [-0.25, -0.2) is 8.42 Å². The first-order valence-electron chi connectivity index (χ1n) is 5.15. The largest absolute Gasteiger partial charge is 0.398 e. The standard InChI is InChI=1S/C10H13BrN2O2S2/c11-8-1-2-10(9(12)7-8)17(14,15)13-3-5-16-6-4-13/h1-2,7H,3-6,12H2. The first-order chi connectivity index (χ1) is 8.01. The molecular weight excluding hydrogens is 324 g/mol. The molecule has 2 N–H and O–H groups in total. The van der Waals surface area contributed by atoms with Crippen molar-refractivity contribution in [1.29, 1.82) is 0 Å². The highest BCUT2D eigenvalue weighted by Gasteiger charge is 2.27. The summed E-state index contributed by atoms with van der Waals surface area (Å²) in [6.45, 7) is 1.12. The third-order valence-corrected chi connectivity index (χ3v) is 5.97. The van der Waals surface area contributed by atoms with E-state index in [4.69, 9.17) is 5.73 Å². The molecule has 7 heteroatoms. The minimum Gasteiger partial charge on any atom is -0.398 e. The van der Waals surface area contributed by atoms with E-state index in [0.717, 1.165) is 16.0 Å². The molecule has 1 fully saturated rings. The van der Waals surface area contributed by atoms with Gasteiger partial charge in [0.2, 0.25) is 10.0 Å². The van der Waals surface area contributed by atoms with Gasteiger partial charge in [0.1, 0.15) is 4.90 Å². The highest BCUT2D eigenvalue weighted by molar-refractivity contribution is 9.10. The van der Waals surface area contributed by atoms with Crippen LogP contribution in [0.1, 0.15) is 0 Å². The molecule has 1 aliphatic heterocycles. The van der Waals surface area contributed by atoms with Crippen molar-refractivity contribution in [3.8, 4) is 0 Å². The Kier molecular flexibility index (Phi) is 4.02. The Bertz CT molecular complexity index is 513. The van der Waals surface area contributed by atoms with Gasteiger partial charge in [0, 0.05) is 29.1 Å². The quantitative estimate of drug-likeness (QED) is 0.836. The lowest BCUT2D eigenvalue weighted by Crippen LogP contribution is -2.38. The van der Waals surface area contributed by atoms with Crippen molar-refractivity contribution in [3.05, 3.63) is 22.7 Å². The summed E-state index contributed by atoms with van der Waals surface area (Å²) < 4.78 is 27.0. The number of halogens is 1. The van der Waals surface area contributed by atoms with Gasteiger partial charge < -0.3 is 5.73 Å². The first-order valence-corrected chi connectivity index (χ1v) is 8.53. The summed E-state index contributed by atoms with van der Waals surface area (Å²) in [5.41, 5.74) is 6.06. The molecule has 4 nitrogen and oxygen atoms in total. The molecule has 0 unspecified atom stereocenters. The predicted molar refractivity (Wildman–Crippen MR) is 74.6 cm³/mol. The maximum absolute atomic E-state index is 12.3. The third-order valence-electron chi connectivity index (χ3n) is 2.56. The van der Waals surface area contributed by atoms with Crippen molar-refractivity contribution in [3.63, 3.8) is 0 Å². The van der Waals surface area contributed by atoms with Crippen LogP contribution in [0.15, 0.2) is 27.6 Å². The van der Waals surface area contributed by atoms with Crippen LogP contribution >= 0.6 is 27.7 Å². The number of nitrogen functional groups attached to an aromatic ring is 1. The van der Waals surface area contributed by atoms with Crippen molar-refractivity contribution >= 4 is 43.4 Å².